The topological polar surface area (TPSA) is 58.4 Å². The second kappa shape index (κ2) is 7.83. The smallest absolute Gasteiger partial charge is 0.256 e. The molecule has 1 saturated heterocycles. The Labute approximate surface area is 149 Å². The summed E-state index contributed by atoms with van der Waals surface area (Å²) in [4.78, 5) is 15.2. The van der Waals surface area contributed by atoms with Gasteiger partial charge in [0.1, 0.15) is 5.56 Å². The Hall–Kier alpha value is -2.14. The summed E-state index contributed by atoms with van der Waals surface area (Å²) < 4.78 is 5.35. The number of nitrogens with one attached hydrogen (secondary N) is 1. The van der Waals surface area contributed by atoms with E-state index in [1.54, 1.807) is 0 Å². The Kier molecular flexibility index (Phi) is 5.53. The zero-order valence-corrected chi connectivity index (χ0v) is 15.3. The molecular weight excluding hydrogens is 314 g/mol. The predicted octanol–water partition coefficient (Wildman–Crippen LogP) is 3.67. The number of aryl methyl sites for hydroxylation is 1. The molecule has 0 bridgehead atoms. The van der Waals surface area contributed by atoms with E-state index in [2.05, 4.69) is 39.6 Å². The Morgan fingerprint density at radius 3 is 2.56 bits per heavy atom. The van der Waals surface area contributed by atoms with Gasteiger partial charge in [-0.25, -0.2) is 0 Å². The highest BCUT2D eigenvalue weighted by molar-refractivity contribution is 5.96. The van der Waals surface area contributed by atoms with E-state index in [-0.39, 0.29) is 17.9 Å². The van der Waals surface area contributed by atoms with Crippen LogP contribution in [0.5, 0.6) is 0 Å². The van der Waals surface area contributed by atoms with Crippen LogP contribution in [0.2, 0.25) is 0 Å². The minimum atomic E-state index is -0.0948. The maximum atomic E-state index is 12.8. The van der Waals surface area contributed by atoms with Crippen LogP contribution < -0.4 is 5.32 Å². The normalized spacial score (nSPS) is 16.3. The molecule has 1 N–H and O–H groups in total. The zero-order chi connectivity index (χ0) is 17.8. The first-order chi connectivity index (χ1) is 12.1. The van der Waals surface area contributed by atoms with Gasteiger partial charge in [0.25, 0.3) is 5.91 Å². The second-order valence-corrected chi connectivity index (χ2v) is 7.04. The first-order valence-electron chi connectivity index (χ1n) is 9.11. The van der Waals surface area contributed by atoms with Gasteiger partial charge in [-0.3, -0.25) is 9.69 Å². The number of hydrogen-bond acceptors (Lipinski definition) is 4. The number of nitrogens with zero attached hydrogens (tertiary/aromatic N) is 2. The van der Waals surface area contributed by atoms with Crippen molar-refractivity contribution in [2.45, 2.75) is 45.6 Å². The summed E-state index contributed by atoms with van der Waals surface area (Å²) in [6.45, 7) is 8.59. The molecule has 0 aliphatic carbocycles. The minimum absolute atomic E-state index is 0.0948. The standard InChI is InChI=1S/C20H27N3O2/c1-14(2)19-18(15(3)22-25-19)20(24)21-13-17(23-11-7-8-12-23)16-9-5-4-6-10-16/h4-6,9-10,14,17H,7-8,11-13H2,1-3H3,(H,21,24). The molecule has 1 aliphatic heterocycles. The highest BCUT2D eigenvalue weighted by Gasteiger charge is 2.26. The lowest BCUT2D eigenvalue weighted by Gasteiger charge is -2.28. The molecule has 1 unspecified atom stereocenters. The molecule has 5 nitrogen and oxygen atoms in total. The van der Waals surface area contributed by atoms with Crippen molar-refractivity contribution in [3.8, 4) is 0 Å². The van der Waals surface area contributed by atoms with Gasteiger partial charge in [-0.05, 0) is 38.4 Å². The molecule has 1 aliphatic rings. The summed E-state index contributed by atoms with van der Waals surface area (Å²) in [6.07, 6.45) is 2.44. The molecular formula is C20H27N3O2. The molecule has 1 fully saturated rings. The number of amides is 1. The van der Waals surface area contributed by atoms with E-state index in [0.29, 0.717) is 23.6 Å². The molecule has 0 radical (unpaired) electrons. The number of carbonyl (C=O) groups excluding carboxylic acids is 1. The third-order valence-electron chi connectivity index (χ3n) is 4.86. The summed E-state index contributed by atoms with van der Waals surface area (Å²) >= 11 is 0. The fraction of sp³-hybridized carbons (Fsp3) is 0.500. The average Bonchev–Trinajstić information content (AvgIpc) is 3.25. The quantitative estimate of drug-likeness (QED) is 0.871. The van der Waals surface area contributed by atoms with Crippen LogP contribution in [-0.4, -0.2) is 35.6 Å². The molecule has 25 heavy (non-hydrogen) atoms. The third kappa shape index (κ3) is 3.93. The van der Waals surface area contributed by atoms with Crippen molar-refractivity contribution in [3.63, 3.8) is 0 Å². The maximum absolute atomic E-state index is 12.8. The molecule has 1 atom stereocenters. The van der Waals surface area contributed by atoms with E-state index < -0.39 is 0 Å². The molecule has 3 rings (SSSR count). The molecule has 1 aromatic carbocycles. The van der Waals surface area contributed by atoms with Crippen LogP contribution in [-0.2, 0) is 0 Å². The molecule has 0 saturated carbocycles. The zero-order valence-electron chi connectivity index (χ0n) is 15.3. The number of hydrogen-bond donors (Lipinski definition) is 1. The summed E-state index contributed by atoms with van der Waals surface area (Å²) in [5, 5.41) is 7.09. The maximum Gasteiger partial charge on any atom is 0.256 e. The van der Waals surface area contributed by atoms with Crippen LogP contribution >= 0.6 is 0 Å². The van der Waals surface area contributed by atoms with Crippen molar-refractivity contribution in [2.24, 2.45) is 0 Å². The van der Waals surface area contributed by atoms with Crippen molar-refractivity contribution in [2.75, 3.05) is 19.6 Å². The number of likely N-dealkylation sites (tertiary alicyclic amines) is 1. The van der Waals surface area contributed by atoms with Gasteiger partial charge in [0, 0.05) is 12.5 Å². The molecule has 0 spiro atoms. The van der Waals surface area contributed by atoms with Crippen molar-refractivity contribution in [1.82, 2.24) is 15.4 Å². The number of benzene rings is 1. The van der Waals surface area contributed by atoms with Crippen molar-refractivity contribution >= 4 is 5.91 Å². The SMILES string of the molecule is Cc1noc(C(C)C)c1C(=O)NCC(c1ccccc1)N1CCCC1. The predicted molar refractivity (Wildman–Crippen MR) is 97.7 cm³/mol. The van der Waals surface area contributed by atoms with Crippen LogP contribution in [0.15, 0.2) is 34.9 Å². The van der Waals surface area contributed by atoms with E-state index in [4.69, 9.17) is 4.52 Å². The first kappa shape index (κ1) is 17.7. The van der Waals surface area contributed by atoms with Gasteiger partial charge in [0.15, 0.2) is 5.76 Å². The summed E-state index contributed by atoms with van der Waals surface area (Å²) in [5.41, 5.74) is 2.48. The first-order valence-corrected chi connectivity index (χ1v) is 9.11. The van der Waals surface area contributed by atoms with Gasteiger partial charge in [-0.2, -0.15) is 0 Å². The fourth-order valence-corrected chi connectivity index (χ4v) is 3.52. The molecule has 1 aromatic heterocycles. The average molecular weight is 341 g/mol. The Morgan fingerprint density at radius 1 is 1.24 bits per heavy atom. The second-order valence-electron chi connectivity index (χ2n) is 7.04. The molecule has 134 valence electrons. The number of rotatable bonds is 6. The van der Waals surface area contributed by atoms with Crippen molar-refractivity contribution < 1.29 is 9.32 Å². The van der Waals surface area contributed by atoms with E-state index in [0.717, 1.165) is 13.1 Å². The highest BCUT2D eigenvalue weighted by atomic mass is 16.5. The minimum Gasteiger partial charge on any atom is -0.360 e. The number of carbonyl (C=O) groups is 1. The highest BCUT2D eigenvalue weighted by Crippen LogP contribution is 2.25. The van der Waals surface area contributed by atoms with Crippen LogP contribution in [0.4, 0.5) is 0 Å². The lowest BCUT2D eigenvalue weighted by molar-refractivity contribution is 0.0935. The lowest BCUT2D eigenvalue weighted by Crippen LogP contribution is -2.37. The van der Waals surface area contributed by atoms with Gasteiger partial charge in [0.05, 0.1) is 11.7 Å². The summed E-state index contributed by atoms with van der Waals surface area (Å²) in [6, 6.07) is 10.6. The Balaban J connectivity index is 1.75. The van der Waals surface area contributed by atoms with Crippen LogP contribution in [0.25, 0.3) is 0 Å². The van der Waals surface area contributed by atoms with Crippen LogP contribution in [0.3, 0.4) is 0 Å². The van der Waals surface area contributed by atoms with E-state index in [9.17, 15) is 4.79 Å². The molecule has 2 heterocycles. The van der Waals surface area contributed by atoms with Crippen molar-refractivity contribution in [1.29, 1.82) is 0 Å². The fourth-order valence-electron chi connectivity index (χ4n) is 3.52. The lowest BCUT2D eigenvalue weighted by atomic mass is 10.0. The van der Waals surface area contributed by atoms with Gasteiger partial charge >= 0.3 is 0 Å². The number of aromatic nitrogens is 1. The summed E-state index contributed by atoms with van der Waals surface area (Å²) in [7, 11) is 0. The third-order valence-corrected chi connectivity index (χ3v) is 4.86. The molecule has 2 aromatic rings. The summed E-state index contributed by atoms with van der Waals surface area (Å²) in [5.74, 6) is 0.695. The van der Waals surface area contributed by atoms with Gasteiger partial charge in [-0.15, -0.1) is 0 Å². The van der Waals surface area contributed by atoms with Crippen LogP contribution in [0, 0.1) is 6.92 Å². The van der Waals surface area contributed by atoms with Crippen LogP contribution in [0.1, 0.15) is 66.0 Å². The van der Waals surface area contributed by atoms with Crippen molar-refractivity contribution in [3.05, 3.63) is 52.9 Å². The monoisotopic (exact) mass is 341 g/mol. The largest absolute Gasteiger partial charge is 0.360 e. The molecule has 1 amide bonds. The van der Waals surface area contributed by atoms with E-state index in [1.165, 1.54) is 18.4 Å². The molecule has 5 heteroatoms. The Bertz CT molecular complexity index is 703. The van der Waals surface area contributed by atoms with Gasteiger partial charge < -0.3 is 9.84 Å². The Morgan fingerprint density at radius 2 is 1.92 bits per heavy atom. The van der Waals surface area contributed by atoms with Gasteiger partial charge in [0.2, 0.25) is 0 Å². The van der Waals surface area contributed by atoms with Gasteiger partial charge in [-0.1, -0.05) is 49.3 Å². The van der Waals surface area contributed by atoms with E-state index >= 15 is 0 Å². The van der Waals surface area contributed by atoms with E-state index in [1.807, 2.05) is 26.8 Å².